The topological polar surface area (TPSA) is 86.7 Å². The average Bonchev–Trinajstić information content (AvgIpc) is 2.70. The second kappa shape index (κ2) is 3.45. The molecule has 0 saturated carbocycles. The summed E-state index contributed by atoms with van der Waals surface area (Å²) in [6, 6.07) is 1.45. The van der Waals surface area contributed by atoms with Crippen molar-refractivity contribution in [3.63, 3.8) is 0 Å². The molecule has 0 aromatic carbocycles. The van der Waals surface area contributed by atoms with Gasteiger partial charge in [-0.05, 0) is 12.5 Å². The maximum absolute atomic E-state index is 10.8. The normalized spacial score (nSPS) is 10.2. The monoisotopic (exact) mass is 205 g/mol. The summed E-state index contributed by atoms with van der Waals surface area (Å²) in [5.74, 6) is 0.170. The third-order valence-corrected chi connectivity index (χ3v) is 1.82. The molecule has 0 aliphatic carbocycles. The summed E-state index contributed by atoms with van der Waals surface area (Å²) >= 11 is 0. The second-order valence-corrected chi connectivity index (χ2v) is 2.95. The largest absolute Gasteiger partial charge is 0.314 e. The Bertz CT molecular complexity index is 494. The summed E-state index contributed by atoms with van der Waals surface area (Å²) in [6.45, 7) is 1.74. The van der Waals surface area contributed by atoms with Gasteiger partial charge in [0.2, 0.25) is 5.82 Å². The minimum absolute atomic E-state index is 0.0829. The van der Waals surface area contributed by atoms with Gasteiger partial charge in [-0.1, -0.05) is 0 Å². The zero-order valence-corrected chi connectivity index (χ0v) is 7.86. The molecule has 0 atom stereocenters. The Kier molecular flexibility index (Phi) is 2.13. The van der Waals surface area contributed by atoms with Gasteiger partial charge >= 0.3 is 5.69 Å². The van der Waals surface area contributed by atoms with E-state index in [4.69, 9.17) is 0 Å². The van der Waals surface area contributed by atoms with Gasteiger partial charge in [0.05, 0.1) is 4.92 Å². The Labute approximate surface area is 84.6 Å². The SMILES string of the molecule is Cc1cnc(-n2cncn2)c([N+](=O)[O-])c1. The molecule has 7 heteroatoms. The lowest BCUT2D eigenvalue weighted by Crippen LogP contribution is -2.03. The molecule has 0 amide bonds. The molecule has 0 fully saturated rings. The van der Waals surface area contributed by atoms with Crippen molar-refractivity contribution in [2.45, 2.75) is 6.92 Å². The van der Waals surface area contributed by atoms with Gasteiger partial charge in [0.1, 0.15) is 12.7 Å². The van der Waals surface area contributed by atoms with E-state index in [2.05, 4.69) is 15.1 Å². The Hall–Kier alpha value is -2.31. The van der Waals surface area contributed by atoms with E-state index in [0.29, 0.717) is 0 Å². The van der Waals surface area contributed by atoms with Crippen LogP contribution in [0, 0.1) is 17.0 Å². The summed E-state index contributed by atoms with van der Waals surface area (Å²) in [6.07, 6.45) is 4.21. The maximum atomic E-state index is 10.8. The summed E-state index contributed by atoms with van der Waals surface area (Å²) in [7, 11) is 0. The van der Waals surface area contributed by atoms with Crippen molar-refractivity contribution in [2.75, 3.05) is 0 Å². The van der Waals surface area contributed by atoms with Gasteiger partial charge in [0, 0.05) is 12.3 Å². The molecule has 7 nitrogen and oxygen atoms in total. The van der Waals surface area contributed by atoms with Gasteiger partial charge in [-0.25, -0.2) is 9.97 Å². The maximum Gasteiger partial charge on any atom is 0.314 e. The van der Waals surface area contributed by atoms with Crippen LogP contribution in [-0.4, -0.2) is 24.7 Å². The van der Waals surface area contributed by atoms with Crippen molar-refractivity contribution >= 4 is 5.69 Å². The van der Waals surface area contributed by atoms with Crippen molar-refractivity contribution < 1.29 is 4.92 Å². The van der Waals surface area contributed by atoms with Crippen molar-refractivity contribution in [3.05, 3.63) is 40.6 Å². The summed E-state index contributed by atoms with van der Waals surface area (Å²) in [5, 5.41) is 14.6. The number of nitrogens with zero attached hydrogens (tertiary/aromatic N) is 5. The van der Waals surface area contributed by atoms with Crippen molar-refractivity contribution in [2.24, 2.45) is 0 Å². The van der Waals surface area contributed by atoms with E-state index in [1.54, 1.807) is 13.1 Å². The summed E-state index contributed by atoms with van der Waals surface area (Å²) < 4.78 is 1.26. The molecular weight excluding hydrogens is 198 g/mol. The first kappa shape index (κ1) is 9.25. The Morgan fingerprint density at radius 1 is 1.53 bits per heavy atom. The van der Waals surface area contributed by atoms with E-state index in [1.165, 1.54) is 23.4 Å². The van der Waals surface area contributed by atoms with Crippen LogP contribution < -0.4 is 0 Å². The molecule has 76 valence electrons. The highest BCUT2D eigenvalue weighted by atomic mass is 16.6. The minimum Gasteiger partial charge on any atom is -0.258 e. The fourth-order valence-corrected chi connectivity index (χ4v) is 1.18. The van der Waals surface area contributed by atoms with Crippen molar-refractivity contribution in [1.82, 2.24) is 19.7 Å². The predicted octanol–water partition coefficient (Wildman–Crippen LogP) is 0.879. The molecule has 0 unspecified atom stereocenters. The quantitative estimate of drug-likeness (QED) is 0.536. The average molecular weight is 205 g/mol. The molecule has 2 heterocycles. The molecule has 0 saturated heterocycles. The van der Waals surface area contributed by atoms with E-state index >= 15 is 0 Å². The van der Waals surface area contributed by atoms with Gasteiger partial charge in [0.15, 0.2) is 0 Å². The lowest BCUT2D eigenvalue weighted by Gasteiger charge is -2.01. The van der Waals surface area contributed by atoms with E-state index in [0.717, 1.165) is 5.56 Å². The molecule has 0 N–H and O–H groups in total. The van der Waals surface area contributed by atoms with E-state index in [9.17, 15) is 10.1 Å². The number of nitro groups is 1. The Morgan fingerprint density at radius 2 is 2.33 bits per heavy atom. The molecule has 0 bridgehead atoms. The molecule has 2 aromatic rings. The van der Waals surface area contributed by atoms with Crippen LogP contribution in [0.15, 0.2) is 24.9 Å². The van der Waals surface area contributed by atoms with E-state index < -0.39 is 4.92 Å². The summed E-state index contributed by atoms with van der Waals surface area (Å²) in [4.78, 5) is 18.0. The Balaban J connectivity index is 2.61. The number of pyridine rings is 1. The molecule has 0 aliphatic heterocycles. The van der Waals surface area contributed by atoms with Crippen LogP contribution in [0.4, 0.5) is 5.69 Å². The minimum atomic E-state index is -0.489. The lowest BCUT2D eigenvalue weighted by atomic mass is 10.3. The van der Waals surface area contributed by atoms with Crippen LogP contribution in [0.25, 0.3) is 5.82 Å². The zero-order valence-electron chi connectivity index (χ0n) is 7.86. The van der Waals surface area contributed by atoms with Crippen LogP contribution in [0.1, 0.15) is 5.56 Å². The predicted molar refractivity (Wildman–Crippen MR) is 50.5 cm³/mol. The number of rotatable bonds is 2. The number of aromatic nitrogens is 4. The van der Waals surface area contributed by atoms with Crippen LogP contribution in [0.5, 0.6) is 0 Å². The van der Waals surface area contributed by atoms with Gasteiger partial charge in [-0.3, -0.25) is 10.1 Å². The molecular formula is C8H7N5O2. The molecule has 2 rings (SSSR count). The van der Waals surface area contributed by atoms with Crippen molar-refractivity contribution in [3.8, 4) is 5.82 Å². The highest BCUT2D eigenvalue weighted by Gasteiger charge is 2.17. The zero-order chi connectivity index (χ0) is 10.8. The van der Waals surface area contributed by atoms with Crippen molar-refractivity contribution in [1.29, 1.82) is 0 Å². The highest BCUT2D eigenvalue weighted by molar-refractivity contribution is 5.47. The Morgan fingerprint density at radius 3 is 2.93 bits per heavy atom. The van der Waals surface area contributed by atoms with E-state index in [1.807, 2.05) is 0 Å². The molecule has 0 spiro atoms. The third kappa shape index (κ3) is 1.66. The van der Waals surface area contributed by atoms with Crippen LogP contribution in [-0.2, 0) is 0 Å². The van der Waals surface area contributed by atoms with Gasteiger partial charge in [-0.2, -0.15) is 9.78 Å². The van der Waals surface area contributed by atoms with Crippen LogP contribution in [0.3, 0.4) is 0 Å². The highest BCUT2D eigenvalue weighted by Crippen LogP contribution is 2.19. The molecule has 15 heavy (non-hydrogen) atoms. The molecule has 0 radical (unpaired) electrons. The van der Waals surface area contributed by atoms with Gasteiger partial charge in [0.25, 0.3) is 0 Å². The van der Waals surface area contributed by atoms with E-state index in [-0.39, 0.29) is 11.5 Å². The summed E-state index contributed by atoms with van der Waals surface area (Å²) in [5.41, 5.74) is 0.645. The first-order chi connectivity index (χ1) is 7.18. The fourth-order valence-electron chi connectivity index (χ4n) is 1.18. The number of hydrogen-bond donors (Lipinski definition) is 0. The third-order valence-electron chi connectivity index (χ3n) is 1.82. The first-order valence-corrected chi connectivity index (χ1v) is 4.14. The molecule has 0 aliphatic rings. The number of aryl methyl sites for hydroxylation is 1. The van der Waals surface area contributed by atoms with Gasteiger partial charge < -0.3 is 0 Å². The number of hydrogen-bond acceptors (Lipinski definition) is 5. The second-order valence-electron chi connectivity index (χ2n) is 2.95. The smallest absolute Gasteiger partial charge is 0.258 e. The first-order valence-electron chi connectivity index (χ1n) is 4.14. The lowest BCUT2D eigenvalue weighted by molar-refractivity contribution is -0.385. The fraction of sp³-hybridized carbons (Fsp3) is 0.125. The van der Waals surface area contributed by atoms with Crippen LogP contribution in [0.2, 0.25) is 0 Å². The van der Waals surface area contributed by atoms with Gasteiger partial charge in [-0.15, -0.1) is 0 Å². The van der Waals surface area contributed by atoms with Crippen LogP contribution >= 0.6 is 0 Å². The standard InChI is InChI=1S/C8H7N5O2/c1-6-2-7(13(14)15)8(10-3-6)12-5-9-4-11-12/h2-5H,1H3. The molecule has 2 aromatic heterocycles.